The molecule has 0 N–H and O–H groups in total. The summed E-state index contributed by atoms with van der Waals surface area (Å²) < 4.78 is 5.32. The largest absolute Gasteiger partial charge is 0.350 e. The molecular weight excluding hydrogens is 287 g/mol. The maximum atomic E-state index is 11.4. The van der Waals surface area contributed by atoms with E-state index in [2.05, 4.69) is 0 Å². The molecule has 0 aromatic rings. The second-order valence-corrected chi connectivity index (χ2v) is 3.69. The minimum atomic E-state index is -1.89. The minimum absolute atomic E-state index is 0. The predicted molar refractivity (Wildman–Crippen MR) is 55.6 cm³/mol. The maximum absolute atomic E-state index is 11.4. The summed E-state index contributed by atoms with van der Waals surface area (Å²) in [4.78, 5) is 34.3. The second-order valence-electron chi connectivity index (χ2n) is 3.69. The molecule has 0 aliphatic carbocycles. The molecule has 0 saturated carbocycles. The number of carbonyl (C=O) groups is 3. The van der Waals surface area contributed by atoms with Gasteiger partial charge in [-0.1, -0.05) is 6.92 Å². The van der Waals surface area contributed by atoms with Crippen LogP contribution >= 0.6 is 0 Å². The Hall–Kier alpha value is -0.147. The van der Waals surface area contributed by atoms with Crippen LogP contribution in [0.2, 0.25) is 0 Å². The average molecular weight is 305 g/mol. The van der Waals surface area contributed by atoms with Crippen LogP contribution in [0.5, 0.6) is 0 Å². The summed E-state index contributed by atoms with van der Waals surface area (Å²) in [6.07, 6.45) is 0.331. The zero-order valence-corrected chi connectivity index (χ0v) is 12.9. The predicted octanol–water partition coefficient (Wildman–Crippen LogP) is 1.30. The van der Waals surface area contributed by atoms with Crippen LogP contribution in [-0.2, 0) is 45.3 Å². The van der Waals surface area contributed by atoms with Crippen molar-refractivity contribution in [1.82, 2.24) is 0 Å². The number of hydrogen-bond acceptors (Lipinski definition) is 4. The Kier molecular flexibility index (Phi) is 8.24. The fourth-order valence-corrected chi connectivity index (χ4v) is 1.38. The van der Waals surface area contributed by atoms with Crippen LogP contribution in [0.4, 0.5) is 0 Å². The molecule has 1 unspecified atom stereocenters. The van der Waals surface area contributed by atoms with Crippen molar-refractivity contribution in [1.29, 1.82) is 0 Å². The summed E-state index contributed by atoms with van der Waals surface area (Å²) in [7, 11) is 0. The molecule has 0 spiro atoms. The fourth-order valence-electron chi connectivity index (χ4n) is 1.38. The topological polar surface area (TPSA) is 60.4 Å². The Morgan fingerprint density at radius 2 is 1.38 bits per heavy atom. The van der Waals surface area contributed by atoms with E-state index in [0.717, 1.165) is 0 Å². The maximum Gasteiger partial charge on any atom is 0.242 e. The van der Waals surface area contributed by atoms with Crippen LogP contribution in [0.1, 0.15) is 41.0 Å². The summed E-state index contributed by atoms with van der Waals surface area (Å²) >= 11 is 0. The molecule has 0 rings (SSSR count). The van der Waals surface area contributed by atoms with Gasteiger partial charge in [0.25, 0.3) is 0 Å². The number of ketones is 3. The number of carbonyl (C=O) groups excluding carboxylic acids is 3. The van der Waals surface area contributed by atoms with Gasteiger partial charge in [0.05, 0.1) is 6.10 Å². The summed E-state index contributed by atoms with van der Waals surface area (Å²) in [6, 6.07) is 0. The molecule has 0 bridgehead atoms. The molecule has 0 aliphatic rings. The summed E-state index contributed by atoms with van der Waals surface area (Å²) in [5, 5.41) is 0. The van der Waals surface area contributed by atoms with Crippen LogP contribution in [0.3, 0.4) is 0 Å². The van der Waals surface area contributed by atoms with Crippen LogP contribution in [0, 0.1) is 0 Å². The first-order valence-electron chi connectivity index (χ1n) is 4.99. The van der Waals surface area contributed by atoms with Crippen molar-refractivity contribution in [3.8, 4) is 0 Å². The second kappa shape index (κ2) is 7.23. The third kappa shape index (κ3) is 3.71. The average Bonchev–Trinajstić information content (AvgIpc) is 2.11. The summed E-state index contributed by atoms with van der Waals surface area (Å²) in [6.45, 7) is 7.18. The summed E-state index contributed by atoms with van der Waals surface area (Å²) in [5.74, 6) is -1.66. The molecule has 0 heterocycles. The molecule has 5 heteroatoms. The van der Waals surface area contributed by atoms with Gasteiger partial charge in [-0.25, -0.2) is 0 Å². The number of ether oxygens (including phenoxy) is 1. The van der Waals surface area contributed by atoms with Gasteiger partial charge in [-0.15, -0.1) is 0 Å². The van der Waals surface area contributed by atoms with E-state index in [4.69, 9.17) is 4.74 Å². The number of Topliss-reactive ketones (excluding diaryl/α,β-unsaturated/α-hetero) is 3. The molecule has 0 aliphatic heterocycles. The van der Waals surface area contributed by atoms with E-state index in [0.29, 0.717) is 6.42 Å². The van der Waals surface area contributed by atoms with Crippen molar-refractivity contribution in [2.24, 2.45) is 0 Å². The van der Waals surface area contributed by atoms with E-state index in [-0.39, 0.29) is 32.3 Å². The first kappa shape index (κ1) is 18.2. The van der Waals surface area contributed by atoms with Crippen molar-refractivity contribution in [3.05, 3.63) is 0 Å². The van der Waals surface area contributed by atoms with E-state index in [1.54, 1.807) is 6.92 Å². The normalized spacial score (nSPS) is 12.6. The zero-order chi connectivity index (χ0) is 12.2. The smallest absolute Gasteiger partial charge is 0.242 e. The van der Waals surface area contributed by atoms with Crippen LogP contribution in [-0.4, -0.2) is 29.1 Å². The molecule has 0 amide bonds. The van der Waals surface area contributed by atoms with Gasteiger partial charge >= 0.3 is 0 Å². The van der Waals surface area contributed by atoms with E-state index in [1.165, 1.54) is 20.8 Å². The number of rotatable bonds is 6. The fraction of sp³-hybridized carbons (Fsp3) is 0.727. The first-order chi connectivity index (χ1) is 6.78. The molecule has 0 aromatic carbocycles. The van der Waals surface area contributed by atoms with Crippen molar-refractivity contribution in [2.45, 2.75) is 52.7 Å². The Bertz CT molecular complexity index is 250. The summed E-state index contributed by atoms with van der Waals surface area (Å²) in [5.41, 5.74) is -1.89. The quantitative estimate of drug-likeness (QED) is 0.694. The van der Waals surface area contributed by atoms with Crippen LogP contribution in [0.15, 0.2) is 0 Å². The van der Waals surface area contributed by atoms with E-state index in [1.807, 2.05) is 6.92 Å². The van der Waals surface area contributed by atoms with Gasteiger partial charge in [0.15, 0.2) is 17.3 Å². The minimum Gasteiger partial charge on any atom is -0.350 e. The van der Waals surface area contributed by atoms with E-state index >= 15 is 0 Å². The van der Waals surface area contributed by atoms with Gasteiger partial charge < -0.3 is 4.74 Å². The van der Waals surface area contributed by atoms with Gasteiger partial charge in [0, 0.05) is 26.2 Å². The number of hydrogen-bond donors (Lipinski definition) is 0. The molecule has 1 atom stereocenters. The molecule has 0 aromatic heterocycles. The van der Waals surface area contributed by atoms with Gasteiger partial charge in [0.1, 0.15) is 0 Å². The van der Waals surface area contributed by atoms with Crippen molar-refractivity contribution in [3.63, 3.8) is 0 Å². The Balaban J connectivity index is 0. The molecule has 0 fully saturated rings. The van der Waals surface area contributed by atoms with Gasteiger partial charge in [-0.05, 0) is 34.1 Å². The molecule has 90 valence electrons. The molecule has 0 saturated heterocycles. The third-order valence-corrected chi connectivity index (χ3v) is 2.44. The zero-order valence-electron chi connectivity index (χ0n) is 10.4. The van der Waals surface area contributed by atoms with Crippen molar-refractivity contribution >= 4 is 17.3 Å². The van der Waals surface area contributed by atoms with Gasteiger partial charge in [0.2, 0.25) is 5.60 Å². The SMILES string of the molecule is CCC(C)OC(C(C)=O)(C(C)=O)C(C)=O.[Zr]. The monoisotopic (exact) mass is 304 g/mol. The molecule has 4 nitrogen and oxygen atoms in total. The standard InChI is InChI=1S/C11H18O4.Zr/c1-6-7(2)15-11(8(3)12,9(4)13)10(5)14;/h7H,6H2,1-5H3;. The van der Waals surface area contributed by atoms with Gasteiger partial charge in [-0.3, -0.25) is 14.4 Å². The Morgan fingerprint density at radius 1 is 1.06 bits per heavy atom. The van der Waals surface area contributed by atoms with Gasteiger partial charge in [-0.2, -0.15) is 0 Å². The van der Waals surface area contributed by atoms with Crippen LogP contribution in [0.25, 0.3) is 0 Å². The Labute approximate surface area is 115 Å². The molecular formula is C11H18O4Zr. The molecule has 16 heavy (non-hydrogen) atoms. The van der Waals surface area contributed by atoms with E-state index < -0.39 is 23.0 Å². The van der Waals surface area contributed by atoms with E-state index in [9.17, 15) is 14.4 Å². The van der Waals surface area contributed by atoms with Crippen molar-refractivity contribution < 1.29 is 45.3 Å². The van der Waals surface area contributed by atoms with Crippen molar-refractivity contribution in [2.75, 3.05) is 0 Å². The molecule has 0 radical (unpaired) electrons. The third-order valence-electron chi connectivity index (χ3n) is 2.44. The first-order valence-corrected chi connectivity index (χ1v) is 4.99. The van der Waals surface area contributed by atoms with Crippen LogP contribution < -0.4 is 0 Å². The Morgan fingerprint density at radius 3 is 1.56 bits per heavy atom.